The van der Waals surface area contributed by atoms with E-state index in [1.54, 1.807) is 6.92 Å². The molecule has 0 aromatic heterocycles. The summed E-state index contributed by atoms with van der Waals surface area (Å²) in [6, 6.07) is 7.98. The molecule has 0 aliphatic rings. The van der Waals surface area contributed by atoms with Gasteiger partial charge in [0.1, 0.15) is 0 Å². The number of ether oxygens (including phenoxy) is 2. The van der Waals surface area contributed by atoms with Gasteiger partial charge < -0.3 is 9.47 Å². The summed E-state index contributed by atoms with van der Waals surface area (Å²) >= 11 is 0. The first-order chi connectivity index (χ1) is 10.1. The molecule has 1 aromatic carbocycles. The fourth-order valence-corrected chi connectivity index (χ4v) is 2.13. The standard InChI is InChI=1S/C18H24O4/c1-12(17(21-13(2)19)22-14(3)20)11-15-9-7-8-10-16(15)18(4,5)6/h7-11,17H,1-6H3/b12-11+. The minimum Gasteiger partial charge on any atom is -0.421 e. The van der Waals surface area contributed by atoms with Gasteiger partial charge in [0.05, 0.1) is 0 Å². The van der Waals surface area contributed by atoms with Crippen molar-refractivity contribution in [3.05, 3.63) is 41.0 Å². The van der Waals surface area contributed by atoms with Crippen LogP contribution in [0.15, 0.2) is 29.8 Å². The Labute approximate surface area is 132 Å². The minimum atomic E-state index is -0.997. The van der Waals surface area contributed by atoms with Crippen LogP contribution in [0.4, 0.5) is 0 Å². The molecule has 120 valence electrons. The number of carbonyl (C=O) groups excluding carboxylic acids is 2. The molecule has 0 saturated carbocycles. The Morgan fingerprint density at radius 3 is 1.95 bits per heavy atom. The normalized spacial score (nSPS) is 12.2. The third kappa shape index (κ3) is 5.35. The van der Waals surface area contributed by atoms with Crippen molar-refractivity contribution in [1.29, 1.82) is 0 Å². The maximum Gasteiger partial charge on any atom is 0.305 e. The lowest BCUT2D eigenvalue weighted by Crippen LogP contribution is -2.23. The molecule has 4 heteroatoms. The van der Waals surface area contributed by atoms with E-state index in [1.165, 1.54) is 19.4 Å². The first kappa shape index (κ1) is 18.0. The Bertz CT molecular complexity index is 563. The highest BCUT2D eigenvalue weighted by Gasteiger charge is 2.20. The van der Waals surface area contributed by atoms with Crippen LogP contribution in [0.5, 0.6) is 0 Å². The van der Waals surface area contributed by atoms with E-state index in [2.05, 4.69) is 26.8 Å². The van der Waals surface area contributed by atoms with Gasteiger partial charge in [0.15, 0.2) is 0 Å². The second-order valence-electron chi connectivity index (χ2n) is 6.28. The molecule has 0 heterocycles. The van der Waals surface area contributed by atoms with Crippen LogP contribution in [0.25, 0.3) is 6.08 Å². The van der Waals surface area contributed by atoms with Crippen molar-refractivity contribution in [1.82, 2.24) is 0 Å². The van der Waals surface area contributed by atoms with E-state index in [-0.39, 0.29) is 5.41 Å². The average Bonchev–Trinajstić information content (AvgIpc) is 2.36. The summed E-state index contributed by atoms with van der Waals surface area (Å²) in [5.74, 6) is -0.994. The highest BCUT2D eigenvalue weighted by Crippen LogP contribution is 2.28. The van der Waals surface area contributed by atoms with Gasteiger partial charge in [-0.25, -0.2) is 0 Å². The van der Waals surface area contributed by atoms with Gasteiger partial charge in [-0.05, 0) is 29.5 Å². The van der Waals surface area contributed by atoms with Crippen LogP contribution in [-0.2, 0) is 24.5 Å². The van der Waals surface area contributed by atoms with E-state index in [9.17, 15) is 9.59 Å². The van der Waals surface area contributed by atoms with Crippen molar-refractivity contribution in [2.45, 2.75) is 53.2 Å². The molecule has 0 radical (unpaired) electrons. The van der Waals surface area contributed by atoms with Gasteiger partial charge in [-0.3, -0.25) is 9.59 Å². The average molecular weight is 304 g/mol. The maximum atomic E-state index is 11.2. The van der Waals surface area contributed by atoms with E-state index in [0.717, 1.165) is 5.56 Å². The van der Waals surface area contributed by atoms with Gasteiger partial charge in [0.25, 0.3) is 6.29 Å². The molecule has 0 N–H and O–H groups in total. The van der Waals surface area contributed by atoms with Crippen molar-refractivity contribution in [2.75, 3.05) is 0 Å². The van der Waals surface area contributed by atoms with Gasteiger partial charge in [-0.2, -0.15) is 0 Å². The lowest BCUT2D eigenvalue weighted by atomic mass is 9.83. The monoisotopic (exact) mass is 304 g/mol. The predicted octanol–water partition coefficient (Wildman–Crippen LogP) is 3.84. The Morgan fingerprint density at radius 2 is 1.50 bits per heavy atom. The third-order valence-electron chi connectivity index (χ3n) is 3.07. The lowest BCUT2D eigenvalue weighted by molar-refractivity contribution is -0.177. The second-order valence-corrected chi connectivity index (χ2v) is 6.28. The number of carbonyl (C=O) groups is 2. The number of hydrogen-bond donors (Lipinski definition) is 0. The molecule has 1 aromatic rings. The lowest BCUT2D eigenvalue weighted by Gasteiger charge is -2.23. The van der Waals surface area contributed by atoms with Gasteiger partial charge >= 0.3 is 11.9 Å². The molecule has 22 heavy (non-hydrogen) atoms. The molecule has 0 amide bonds. The first-order valence-electron chi connectivity index (χ1n) is 7.23. The van der Waals surface area contributed by atoms with E-state index in [1.807, 2.05) is 24.3 Å². The van der Waals surface area contributed by atoms with Gasteiger partial charge in [-0.15, -0.1) is 0 Å². The molecular weight excluding hydrogens is 280 g/mol. The van der Waals surface area contributed by atoms with Crippen LogP contribution in [0.2, 0.25) is 0 Å². The molecule has 4 nitrogen and oxygen atoms in total. The summed E-state index contributed by atoms with van der Waals surface area (Å²) in [5, 5.41) is 0. The molecular formula is C18H24O4. The fourth-order valence-electron chi connectivity index (χ4n) is 2.13. The molecule has 0 fully saturated rings. The van der Waals surface area contributed by atoms with Crippen molar-refractivity contribution >= 4 is 18.0 Å². The van der Waals surface area contributed by atoms with Crippen LogP contribution in [0.3, 0.4) is 0 Å². The zero-order chi connectivity index (χ0) is 16.9. The molecule has 0 aliphatic heterocycles. The molecule has 0 aliphatic carbocycles. The largest absolute Gasteiger partial charge is 0.421 e. The first-order valence-corrected chi connectivity index (χ1v) is 7.23. The quantitative estimate of drug-likeness (QED) is 0.626. The van der Waals surface area contributed by atoms with Crippen molar-refractivity contribution < 1.29 is 19.1 Å². The van der Waals surface area contributed by atoms with Crippen molar-refractivity contribution in [2.24, 2.45) is 0 Å². The number of hydrogen-bond acceptors (Lipinski definition) is 4. The van der Waals surface area contributed by atoms with E-state index >= 15 is 0 Å². The van der Waals surface area contributed by atoms with Gasteiger partial charge in [-0.1, -0.05) is 45.0 Å². The zero-order valence-electron chi connectivity index (χ0n) is 14.1. The predicted molar refractivity (Wildman–Crippen MR) is 86.1 cm³/mol. The minimum absolute atomic E-state index is 0.0221. The van der Waals surface area contributed by atoms with Crippen LogP contribution in [0, 0.1) is 0 Å². The summed E-state index contributed by atoms with van der Waals surface area (Å²) in [7, 11) is 0. The molecule has 0 unspecified atom stereocenters. The molecule has 0 atom stereocenters. The molecule has 0 spiro atoms. The smallest absolute Gasteiger partial charge is 0.305 e. The van der Waals surface area contributed by atoms with E-state index in [4.69, 9.17) is 9.47 Å². The molecule has 1 rings (SSSR count). The highest BCUT2D eigenvalue weighted by atomic mass is 16.7. The van der Waals surface area contributed by atoms with Crippen molar-refractivity contribution in [3.63, 3.8) is 0 Å². The fraction of sp³-hybridized carbons (Fsp3) is 0.444. The molecule has 0 saturated heterocycles. The molecule has 0 bridgehead atoms. The third-order valence-corrected chi connectivity index (χ3v) is 3.07. The maximum absolute atomic E-state index is 11.2. The Balaban J connectivity index is 3.18. The number of esters is 2. The van der Waals surface area contributed by atoms with E-state index < -0.39 is 18.2 Å². The highest BCUT2D eigenvalue weighted by molar-refractivity contribution is 5.69. The number of rotatable bonds is 4. The Kier molecular flexibility index (Phi) is 5.92. The summed E-state index contributed by atoms with van der Waals surface area (Å²) < 4.78 is 10.1. The van der Waals surface area contributed by atoms with Crippen LogP contribution >= 0.6 is 0 Å². The number of benzene rings is 1. The second kappa shape index (κ2) is 7.25. The topological polar surface area (TPSA) is 52.6 Å². The summed E-state index contributed by atoms with van der Waals surface area (Å²) in [5.41, 5.74) is 2.81. The zero-order valence-corrected chi connectivity index (χ0v) is 14.1. The van der Waals surface area contributed by atoms with Crippen LogP contribution in [0.1, 0.15) is 52.7 Å². The Hall–Kier alpha value is -2.10. The van der Waals surface area contributed by atoms with Gasteiger partial charge in [0.2, 0.25) is 0 Å². The Morgan fingerprint density at radius 1 is 1.00 bits per heavy atom. The van der Waals surface area contributed by atoms with Crippen LogP contribution in [-0.4, -0.2) is 18.2 Å². The van der Waals surface area contributed by atoms with Gasteiger partial charge in [0, 0.05) is 19.4 Å². The SMILES string of the molecule is CC(=O)OC(OC(C)=O)/C(C)=C/c1ccccc1C(C)(C)C. The van der Waals surface area contributed by atoms with Crippen molar-refractivity contribution in [3.8, 4) is 0 Å². The van der Waals surface area contributed by atoms with E-state index in [0.29, 0.717) is 5.57 Å². The summed E-state index contributed by atoms with van der Waals surface area (Å²) in [6.07, 6.45) is 0.889. The summed E-state index contributed by atoms with van der Waals surface area (Å²) in [4.78, 5) is 22.4. The summed E-state index contributed by atoms with van der Waals surface area (Å²) in [6.45, 7) is 10.7. The van der Waals surface area contributed by atoms with Crippen LogP contribution < -0.4 is 0 Å².